The molecule has 11 rings (SSSR count). The molecule has 0 spiro atoms. The Balaban J connectivity index is 1.25. The van der Waals surface area contributed by atoms with E-state index in [1.165, 1.54) is 10.8 Å². The lowest BCUT2D eigenvalue weighted by Crippen LogP contribution is -1.96. The first-order valence-electron chi connectivity index (χ1n) is 20.0. The fourth-order valence-corrected chi connectivity index (χ4v) is 8.43. The normalized spacial score (nSPS) is 13.2. The molecule has 0 unspecified atom stereocenters. The van der Waals surface area contributed by atoms with Crippen LogP contribution in [0.4, 0.5) is 0 Å². The largest absolute Gasteiger partial charge is 0.309 e. The molecular formula is C50H32N2. The molecule has 0 aliphatic carbocycles. The van der Waals surface area contributed by atoms with Crippen LogP contribution in [0.1, 0.15) is 6.85 Å². The molecule has 242 valence electrons. The zero-order valence-corrected chi connectivity index (χ0v) is 28.0. The third kappa shape index (κ3) is 4.19. The number of hydrogen-bond donors (Lipinski definition) is 0. The van der Waals surface area contributed by atoms with Crippen molar-refractivity contribution in [2.45, 2.75) is 0 Å². The van der Waals surface area contributed by atoms with Gasteiger partial charge in [0.25, 0.3) is 0 Å². The van der Waals surface area contributed by atoms with Crippen LogP contribution in [0.2, 0.25) is 0 Å². The second-order valence-corrected chi connectivity index (χ2v) is 13.3. The van der Waals surface area contributed by atoms with Crippen LogP contribution in [-0.2, 0) is 0 Å². The third-order valence-corrected chi connectivity index (χ3v) is 10.6. The second-order valence-electron chi connectivity index (χ2n) is 13.3. The highest BCUT2D eigenvalue weighted by atomic mass is 15.0. The fraction of sp³-hybridized carbons (Fsp3) is 0. The van der Waals surface area contributed by atoms with Gasteiger partial charge in [-0.1, -0.05) is 145 Å². The van der Waals surface area contributed by atoms with Crippen LogP contribution in [0.5, 0.6) is 0 Å². The van der Waals surface area contributed by atoms with Gasteiger partial charge in [0.15, 0.2) is 0 Å². The molecule has 0 bridgehead atoms. The average Bonchev–Trinajstić information content (AvgIpc) is 3.76. The summed E-state index contributed by atoms with van der Waals surface area (Å²) in [4.78, 5) is 0. The Morgan fingerprint density at radius 1 is 0.308 bits per heavy atom. The van der Waals surface area contributed by atoms with E-state index >= 15 is 0 Å². The molecule has 0 saturated carbocycles. The Bertz CT molecular complexity index is 3370. The SMILES string of the molecule is [2H]c1c([2H])c([2H])c(-c2c3ccccc3c(-c3ccc4c5cc6c7ccccc7n(-c7ccccc7)c6cc5n(-c5ccccc5)c4c3)c3ccccc23)c([2H])c1[2H]. The molecule has 0 amide bonds. The average molecular weight is 666 g/mol. The number of benzene rings is 9. The molecule has 2 heterocycles. The monoisotopic (exact) mass is 665 g/mol. The standard InChI is InChI=1S/C50H32N2/c1-4-16-33(17-5-1)49-39-23-10-12-25-41(39)50(42-26-13-11-24-40(42)49)34-28-29-38-44-31-43-37-22-14-15-27-45(37)51(35-18-6-2-7-19-35)47(43)32-48(44)52(46(38)30-34)36-20-8-3-9-21-36/h1-32H/i1D,4D,5D,16D,17D. The molecule has 2 heteroatoms. The number of rotatable bonds is 4. The van der Waals surface area contributed by atoms with Crippen molar-refractivity contribution in [3.8, 4) is 33.6 Å². The summed E-state index contributed by atoms with van der Waals surface area (Å²) in [5.74, 6) is 0. The molecule has 0 radical (unpaired) electrons. The second kappa shape index (κ2) is 11.3. The predicted octanol–water partition coefficient (Wildman–Crippen LogP) is 13.5. The zero-order valence-electron chi connectivity index (χ0n) is 33.0. The summed E-state index contributed by atoms with van der Waals surface area (Å²) in [5, 5.41) is 8.22. The van der Waals surface area contributed by atoms with E-state index in [4.69, 9.17) is 6.85 Å². The van der Waals surface area contributed by atoms with Crippen LogP contribution in [0.15, 0.2) is 194 Å². The highest BCUT2D eigenvalue weighted by Crippen LogP contribution is 2.46. The van der Waals surface area contributed by atoms with Crippen molar-refractivity contribution < 1.29 is 6.85 Å². The minimum atomic E-state index is -0.400. The van der Waals surface area contributed by atoms with Crippen molar-refractivity contribution in [1.29, 1.82) is 0 Å². The first kappa shape index (κ1) is 24.3. The van der Waals surface area contributed by atoms with Crippen molar-refractivity contribution in [3.63, 3.8) is 0 Å². The number of nitrogens with zero attached hydrogens (tertiary/aromatic N) is 2. The molecule has 11 aromatic rings. The number of para-hydroxylation sites is 3. The van der Waals surface area contributed by atoms with E-state index in [0.29, 0.717) is 5.56 Å². The van der Waals surface area contributed by atoms with E-state index in [-0.39, 0.29) is 29.7 Å². The van der Waals surface area contributed by atoms with Crippen LogP contribution < -0.4 is 0 Å². The summed E-state index contributed by atoms with van der Waals surface area (Å²) >= 11 is 0. The number of fused-ring (bicyclic) bond motifs is 8. The van der Waals surface area contributed by atoms with Crippen LogP contribution in [0.3, 0.4) is 0 Å². The molecular weight excluding hydrogens is 629 g/mol. The smallest absolute Gasteiger partial charge is 0.0629 e. The lowest BCUT2D eigenvalue weighted by molar-refractivity contribution is 1.16. The Hall–Kier alpha value is -6.90. The lowest BCUT2D eigenvalue weighted by Gasteiger charge is -2.18. The Kier molecular flexibility index (Phi) is 5.28. The van der Waals surface area contributed by atoms with Gasteiger partial charge in [-0.2, -0.15) is 0 Å². The predicted molar refractivity (Wildman–Crippen MR) is 221 cm³/mol. The summed E-state index contributed by atoms with van der Waals surface area (Å²) < 4.78 is 47.9. The van der Waals surface area contributed by atoms with Crippen molar-refractivity contribution in [2.75, 3.05) is 0 Å². The number of aromatic nitrogens is 2. The van der Waals surface area contributed by atoms with Crippen LogP contribution in [0, 0.1) is 0 Å². The highest BCUT2D eigenvalue weighted by Gasteiger charge is 2.21. The van der Waals surface area contributed by atoms with Gasteiger partial charge in [-0.3, -0.25) is 0 Å². The molecule has 0 N–H and O–H groups in total. The lowest BCUT2D eigenvalue weighted by atomic mass is 9.86. The maximum absolute atomic E-state index is 8.96. The molecule has 0 saturated heterocycles. The van der Waals surface area contributed by atoms with Gasteiger partial charge in [-0.25, -0.2) is 0 Å². The van der Waals surface area contributed by atoms with Gasteiger partial charge in [0, 0.05) is 32.9 Å². The first-order valence-corrected chi connectivity index (χ1v) is 17.5. The number of hydrogen-bond acceptors (Lipinski definition) is 0. The molecule has 2 aromatic heterocycles. The molecule has 0 aliphatic rings. The van der Waals surface area contributed by atoms with E-state index in [0.717, 1.165) is 76.9 Å². The summed E-state index contributed by atoms with van der Waals surface area (Å²) in [6.07, 6.45) is 0. The Morgan fingerprint density at radius 3 is 1.33 bits per heavy atom. The van der Waals surface area contributed by atoms with Crippen LogP contribution >= 0.6 is 0 Å². The van der Waals surface area contributed by atoms with Gasteiger partial charge in [-0.05, 0) is 92.3 Å². The van der Waals surface area contributed by atoms with Gasteiger partial charge in [0.1, 0.15) is 0 Å². The van der Waals surface area contributed by atoms with Crippen LogP contribution in [-0.4, -0.2) is 9.13 Å². The van der Waals surface area contributed by atoms with Crippen molar-refractivity contribution in [2.24, 2.45) is 0 Å². The van der Waals surface area contributed by atoms with Crippen molar-refractivity contribution >= 4 is 65.2 Å². The van der Waals surface area contributed by atoms with Crippen LogP contribution in [0.25, 0.3) is 98.8 Å². The zero-order chi connectivity index (χ0) is 38.5. The molecule has 52 heavy (non-hydrogen) atoms. The summed E-state index contributed by atoms with van der Waals surface area (Å²) in [6, 6.07) is 55.6. The quantitative estimate of drug-likeness (QED) is 0.166. The maximum atomic E-state index is 8.96. The van der Waals surface area contributed by atoms with Gasteiger partial charge in [0.2, 0.25) is 0 Å². The minimum absolute atomic E-state index is 0.207. The summed E-state index contributed by atoms with van der Waals surface area (Å²) in [7, 11) is 0. The van der Waals surface area contributed by atoms with Crippen molar-refractivity contribution in [3.05, 3.63) is 194 Å². The van der Waals surface area contributed by atoms with E-state index in [1.807, 2.05) is 42.5 Å². The Morgan fingerprint density at radius 2 is 0.750 bits per heavy atom. The molecule has 0 atom stereocenters. The van der Waals surface area contributed by atoms with Gasteiger partial charge in [-0.15, -0.1) is 0 Å². The Labute approximate surface area is 308 Å². The third-order valence-electron chi connectivity index (χ3n) is 10.6. The highest BCUT2D eigenvalue weighted by molar-refractivity contribution is 6.23. The van der Waals surface area contributed by atoms with Gasteiger partial charge >= 0.3 is 0 Å². The van der Waals surface area contributed by atoms with Gasteiger partial charge in [0.05, 0.1) is 28.9 Å². The summed E-state index contributed by atoms with van der Waals surface area (Å²) in [5.41, 5.74) is 9.53. The molecule has 0 fully saturated rings. The van der Waals surface area contributed by atoms with E-state index in [9.17, 15) is 0 Å². The topological polar surface area (TPSA) is 9.86 Å². The summed E-state index contributed by atoms with van der Waals surface area (Å²) in [6.45, 7) is 0. The van der Waals surface area contributed by atoms with E-state index < -0.39 is 6.04 Å². The van der Waals surface area contributed by atoms with Gasteiger partial charge < -0.3 is 9.13 Å². The molecule has 9 aromatic carbocycles. The molecule has 0 aliphatic heterocycles. The van der Waals surface area contributed by atoms with E-state index in [1.54, 1.807) is 0 Å². The van der Waals surface area contributed by atoms with Crippen molar-refractivity contribution in [1.82, 2.24) is 9.13 Å². The van der Waals surface area contributed by atoms with E-state index in [2.05, 4.69) is 130 Å². The minimum Gasteiger partial charge on any atom is -0.309 e. The maximum Gasteiger partial charge on any atom is 0.0629 e. The molecule has 2 nitrogen and oxygen atoms in total. The first-order chi connectivity index (χ1) is 27.9. The fourth-order valence-electron chi connectivity index (χ4n) is 8.43.